The molecule has 1 aromatic carbocycles. The second-order valence-electron chi connectivity index (χ2n) is 6.06. The molecule has 2 aromatic rings. The van der Waals surface area contributed by atoms with Gasteiger partial charge in [0.05, 0.1) is 6.26 Å². The zero-order valence-electron chi connectivity index (χ0n) is 13.3. The maximum absolute atomic E-state index is 12.7. The largest absolute Gasteiger partial charge is 0.459 e. The Hall–Kier alpha value is -2.56. The summed E-state index contributed by atoms with van der Waals surface area (Å²) in [7, 11) is 0. The Morgan fingerprint density at radius 1 is 1.17 bits per heavy atom. The van der Waals surface area contributed by atoms with Gasteiger partial charge in [-0.3, -0.25) is 9.59 Å². The third kappa shape index (κ3) is 3.13. The van der Waals surface area contributed by atoms with Crippen LogP contribution >= 0.6 is 0 Å². The molecule has 0 spiro atoms. The van der Waals surface area contributed by atoms with Crippen molar-refractivity contribution in [2.75, 3.05) is 0 Å². The van der Waals surface area contributed by atoms with Crippen LogP contribution in [-0.4, -0.2) is 28.8 Å². The zero-order valence-corrected chi connectivity index (χ0v) is 13.3. The Labute approximate surface area is 135 Å². The Morgan fingerprint density at radius 2 is 1.91 bits per heavy atom. The zero-order chi connectivity index (χ0) is 16.4. The number of rotatable bonds is 3. The summed E-state index contributed by atoms with van der Waals surface area (Å²) in [5.74, 6) is -0.130. The molecular formula is C18H20N2O3. The Kier molecular flexibility index (Phi) is 4.19. The number of carbonyl (C=O) groups is 2. The number of nitrogens with one attached hydrogen (secondary N) is 1. The highest BCUT2D eigenvalue weighted by atomic mass is 16.3. The molecule has 0 unspecified atom stereocenters. The molecule has 0 bridgehead atoms. The SMILES string of the molecule is CC(C)NC(=O)[C@@H]1Cc2ccccc2CN1C(=O)c1ccco1. The van der Waals surface area contributed by atoms with Gasteiger partial charge in [0.2, 0.25) is 5.91 Å². The van der Waals surface area contributed by atoms with E-state index < -0.39 is 6.04 Å². The van der Waals surface area contributed by atoms with Gasteiger partial charge < -0.3 is 14.6 Å². The lowest BCUT2D eigenvalue weighted by atomic mass is 9.93. The molecule has 5 heteroatoms. The molecule has 2 amide bonds. The fourth-order valence-electron chi connectivity index (χ4n) is 2.89. The van der Waals surface area contributed by atoms with E-state index in [1.165, 1.54) is 6.26 Å². The fourth-order valence-corrected chi connectivity index (χ4v) is 2.89. The number of amides is 2. The topological polar surface area (TPSA) is 62.6 Å². The fraction of sp³-hybridized carbons (Fsp3) is 0.333. The van der Waals surface area contributed by atoms with Gasteiger partial charge in [0.15, 0.2) is 5.76 Å². The van der Waals surface area contributed by atoms with Gasteiger partial charge in [-0.1, -0.05) is 24.3 Å². The van der Waals surface area contributed by atoms with Crippen LogP contribution in [0.25, 0.3) is 0 Å². The number of benzene rings is 1. The Bertz CT molecular complexity index is 707. The van der Waals surface area contributed by atoms with E-state index in [0.717, 1.165) is 11.1 Å². The van der Waals surface area contributed by atoms with E-state index in [2.05, 4.69) is 5.32 Å². The molecule has 120 valence electrons. The van der Waals surface area contributed by atoms with Crippen LogP contribution < -0.4 is 5.32 Å². The van der Waals surface area contributed by atoms with Crippen LogP contribution in [0.3, 0.4) is 0 Å². The highest BCUT2D eigenvalue weighted by Gasteiger charge is 2.35. The van der Waals surface area contributed by atoms with Gasteiger partial charge >= 0.3 is 0 Å². The monoisotopic (exact) mass is 312 g/mol. The molecule has 3 rings (SSSR count). The summed E-state index contributed by atoms with van der Waals surface area (Å²) in [6.45, 7) is 4.23. The second kappa shape index (κ2) is 6.28. The smallest absolute Gasteiger partial charge is 0.290 e. The summed E-state index contributed by atoms with van der Waals surface area (Å²) in [6, 6.07) is 10.7. The first-order chi connectivity index (χ1) is 11.1. The first-order valence-electron chi connectivity index (χ1n) is 7.78. The minimum atomic E-state index is -0.523. The van der Waals surface area contributed by atoms with Gasteiger partial charge in [0.25, 0.3) is 5.91 Å². The van der Waals surface area contributed by atoms with Crippen molar-refractivity contribution >= 4 is 11.8 Å². The Morgan fingerprint density at radius 3 is 2.57 bits per heavy atom. The van der Waals surface area contributed by atoms with Crippen LogP contribution in [0.5, 0.6) is 0 Å². The van der Waals surface area contributed by atoms with E-state index in [9.17, 15) is 9.59 Å². The maximum Gasteiger partial charge on any atom is 0.290 e. The van der Waals surface area contributed by atoms with Crippen molar-refractivity contribution in [1.29, 1.82) is 0 Å². The van der Waals surface area contributed by atoms with Crippen LogP contribution in [-0.2, 0) is 17.8 Å². The number of hydrogen-bond acceptors (Lipinski definition) is 3. The van der Waals surface area contributed by atoms with Crippen LogP contribution in [0.2, 0.25) is 0 Å². The number of nitrogens with zero attached hydrogens (tertiary/aromatic N) is 1. The average molecular weight is 312 g/mol. The van der Waals surface area contributed by atoms with E-state index in [0.29, 0.717) is 13.0 Å². The average Bonchev–Trinajstić information content (AvgIpc) is 3.06. The molecule has 5 nitrogen and oxygen atoms in total. The van der Waals surface area contributed by atoms with Crippen molar-refractivity contribution in [2.24, 2.45) is 0 Å². The molecule has 0 saturated heterocycles. The number of fused-ring (bicyclic) bond motifs is 1. The Balaban J connectivity index is 1.93. The predicted octanol–water partition coefficient (Wildman–Crippen LogP) is 2.37. The van der Waals surface area contributed by atoms with Crippen molar-refractivity contribution < 1.29 is 14.0 Å². The molecular weight excluding hydrogens is 292 g/mol. The lowest BCUT2D eigenvalue weighted by Gasteiger charge is -2.35. The van der Waals surface area contributed by atoms with Gasteiger partial charge in [-0.05, 0) is 37.1 Å². The maximum atomic E-state index is 12.7. The standard InChI is InChI=1S/C18H20N2O3/c1-12(2)19-17(21)15-10-13-6-3-4-7-14(13)11-20(15)18(22)16-8-5-9-23-16/h3-9,12,15H,10-11H2,1-2H3,(H,19,21)/t15-/m0/s1. The summed E-state index contributed by atoms with van der Waals surface area (Å²) in [5, 5.41) is 2.91. The summed E-state index contributed by atoms with van der Waals surface area (Å²) in [6.07, 6.45) is 1.98. The molecule has 23 heavy (non-hydrogen) atoms. The van der Waals surface area contributed by atoms with E-state index in [4.69, 9.17) is 4.42 Å². The lowest BCUT2D eigenvalue weighted by Crippen LogP contribution is -2.53. The first kappa shape index (κ1) is 15.3. The molecule has 1 N–H and O–H groups in total. The third-order valence-corrected chi connectivity index (χ3v) is 3.97. The molecule has 2 heterocycles. The summed E-state index contributed by atoms with van der Waals surface area (Å²) < 4.78 is 5.22. The highest BCUT2D eigenvalue weighted by Crippen LogP contribution is 2.25. The summed E-state index contributed by atoms with van der Waals surface area (Å²) >= 11 is 0. The van der Waals surface area contributed by atoms with Gasteiger partial charge in [0, 0.05) is 19.0 Å². The molecule has 0 radical (unpaired) electrons. The summed E-state index contributed by atoms with van der Waals surface area (Å²) in [4.78, 5) is 26.9. The van der Waals surface area contributed by atoms with Crippen molar-refractivity contribution in [2.45, 2.75) is 38.9 Å². The van der Waals surface area contributed by atoms with E-state index in [1.54, 1.807) is 17.0 Å². The van der Waals surface area contributed by atoms with Crippen molar-refractivity contribution in [1.82, 2.24) is 10.2 Å². The molecule has 1 aliphatic rings. The first-order valence-corrected chi connectivity index (χ1v) is 7.78. The minimum absolute atomic E-state index is 0.0280. The minimum Gasteiger partial charge on any atom is -0.459 e. The lowest BCUT2D eigenvalue weighted by molar-refractivity contribution is -0.126. The molecule has 1 aliphatic heterocycles. The molecule has 1 aromatic heterocycles. The number of furan rings is 1. The van der Waals surface area contributed by atoms with E-state index in [-0.39, 0.29) is 23.6 Å². The third-order valence-electron chi connectivity index (χ3n) is 3.97. The van der Waals surface area contributed by atoms with Crippen LogP contribution in [0, 0.1) is 0 Å². The van der Waals surface area contributed by atoms with Crippen molar-refractivity contribution in [3.63, 3.8) is 0 Å². The van der Waals surface area contributed by atoms with Crippen molar-refractivity contribution in [3.05, 3.63) is 59.5 Å². The highest BCUT2D eigenvalue weighted by molar-refractivity contribution is 5.96. The normalized spacial score (nSPS) is 17.0. The molecule has 0 aliphatic carbocycles. The van der Waals surface area contributed by atoms with Gasteiger partial charge in [-0.25, -0.2) is 0 Å². The second-order valence-corrected chi connectivity index (χ2v) is 6.06. The van der Waals surface area contributed by atoms with Gasteiger partial charge in [-0.15, -0.1) is 0 Å². The molecule has 0 saturated carbocycles. The van der Waals surface area contributed by atoms with Gasteiger partial charge in [-0.2, -0.15) is 0 Å². The van der Waals surface area contributed by atoms with Gasteiger partial charge in [0.1, 0.15) is 6.04 Å². The van der Waals surface area contributed by atoms with Crippen LogP contribution in [0.1, 0.15) is 35.5 Å². The molecule has 1 atom stereocenters. The quantitative estimate of drug-likeness (QED) is 0.946. The predicted molar refractivity (Wildman–Crippen MR) is 85.8 cm³/mol. The van der Waals surface area contributed by atoms with E-state index >= 15 is 0 Å². The van der Waals surface area contributed by atoms with Crippen molar-refractivity contribution in [3.8, 4) is 0 Å². The number of carbonyl (C=O) groups excluding carboxylic acids is 2. The van der Waals surface area contributed by atoms with E-state index in [1.807, 2.05) is 38.1 Å². The summed E-state index contributed by atoms with van der Waals surface area (Å²) in [5.41, 5.74) is 2.18. The number of hydrogen-bond donors (Lipinski definition) is 1. The van der Waals surface area contributed by atoms with Crippen LogP contribution in [0.15, 0.2) is 47.1 Å². The molecule has 0 fully saturated rings. The van der Waals surface area contributed by atoms with Crippen LogP contribution in [0.4, 0.5) is 0 Å².